The molecule has 0 radical (unpaired) electrons. The molecule has 0 saturated carbocycles. The Kier molecular flexibility index (Phi) is 7.65. The number of benzene rings is 1. The third kappa shape index (κ3) is 7.74. The van der Waals surface area contributed by atoms with Gasteiger partial charge in [-0.3, -0.25) is 4.18 Å². The largest absolute Gasteiger partial charge is 0.444 e. The zero-order valence-electron chi connectivity index (χ0n) is 16.6. The molecule has 0 aliphatic carbocycles. The Bertz CT molecular complexity index is 692. The SMILES string of the molecule is CCC(C)(CCOS(=O)(=O)c1ccc(C)cc1)CNC(=O)OC(C)(C)C. The van der Waals surface area contributed by atoms with E-state index in [2.05, 4.69) is 5.32 Å². The molecule has 1 amide bonds. The van der Waals surface area contributed by atoms with Crippen LogP contribution in [0, 0.1) is 12.3 Å². The highest BCUT2D eigenvalue weighted by Crippen LogP contribution is 2.26. The molecule has 0 heterocycles. The second-order valence-electron chi connectivity index (χ2n) is 7.86. The molecule has 1 aromatic rings. The summed E-state index contributed by atoms with van der Waals surface area (Å²) in [6.45, 7) is 11.7. The van der Waals surface area contributed by atoms with Crippen molar-refractivity contribution in [2.45, 2.75) is 64.9 Å². The third-order valence-corrected chi connectivity index (χ3v) is 5.49. The molecule has 1 aromatic carbocycles. The van der Waals surface area contributed by atoms with E-state index in [1.807, 2.05) is 20.8 Å². The number of rotatable bonds is 8. The molecule has 0 saturated heterocycles. The summed E-state index contributed by atoms with van der Waals surface area (Å²) in [5.41, 5.74) is 0.133. The van der Waals surface area contributed by atoms with Crippen LogP contribution in [0.15, 0.2) is 29.2 Å². The number of hydrogen-bond acceptors (Lipinski definition) is 5. The van der Waals surface area contributed by atoms with Crippen molar-refractivity contribution in [2.75, 3.05) is 13.2 Å². The van der Waals surface area contributed by atoms with Crippen LogP contribution in [0.1, 0.15) is 53.0 Å². The fourth-order valence-corrected chi connectivity index (χ4v) is 3.07. The van der Waals surface area contributed by atoms with Crippen LogP contribution >= 0.6 is 0 Å². The summed E-state index contributed by atoms with van der Waals surface area (Å²) in [6.07, 6.45) is 0.770. The fraction of sp³-hybridized carbons (Fsp3) is 0.632. The van der Waals surface area contributed by atoms with E-state index in [4.69, 9.17) is 8.92 Å². The standard InChI is InChI=1S/C19H31NO5S/c1-7-19(6,14-20-17(21)25-18(3,4)5)12-13-24-26(22,23)16-10-8-15(2)9-11-16/h8-11H,7,12-14H2,1-6H3,(H,20,21). The molecule has 7 heteroatoms. The lowest BCUT2D eigenvalue weighted by atomic mass is 9.84. The Morgan fingerprint density at radius 2 is 1.69 bits per heavy atom. The predicted octanol–water partition coefficient (Wildman–Crippen LogP) is 4.03. The van der Waals surface area contributed by atoms with Crippen LogP contribution in [0.25, 0.3) is 0 Å². The smallest absolute Gasteiger partial charge is 0.407 e. The van der Waals surface area contributed by atoms with Gasteiger partial charge in [-0.1, -0.05) is 31.5 Å². The number of aryl methyl sites for hydroxylation is 1. The van der Waals surface area contributed by atoms with E-state index in [0.29, 0.717) is 13.0 Å². The van der Waals surface area contributed by atoms with Crippen LogP contribution in [0.3, 0.4) is 0 Å². The average molecular weight is 386 g/mol. The highest BCUT2D eigenvalue weighted by atomic mass is 32.2. The van der Waals surface area contributed by atoms with Gasteiger partial charge < -0.3 is 10.1 Å². The van der Waals surface area contributed by atoms with E-state index in [9.17, 15) is 13.2 Å². The van der Waals surface area contributed by atoms with Gasteiger partial charge in [0.2, 0.25) is 0 Å². The normalized spacial score (nSPS) is 14.5. The number of amides is 1. The van der Waals surface area contributed by atoms with Crippen LogP contribution < -0.4 is 5.32 Å². The number of ether oxygens (including phenoxy) is 1. The van der Waals surface area contributed by atoms with Crippen molar-refractivity contribution in [2.24, 2.45) is 5.41 Å². The van der Waals surface area contributed by atoms with Crippen molar-refractivity contribution in [3.8, 4) is 0 Å². The molecule has 0 fully saturated rings. The lowest BCUT2D eigenvalue weighted by Crippen LogP contribution is -2.39. The van der Waals surface area contributed by atoms with Crippen LogP contribution in [0.4, 0.5) is 4.79 Å². The van der Waals surface area contributed by atoms with Gasteiger partial charge in [0.15, 0.2) is 0 Å². The number of nitrogens with one attached hydrogen (secondary N) is 1. The number of hydrogen-bond donors (Lipinski definition) is 1. The van der Waals surface area contributed by atoms with Gasteiger partial charge in [-0.05, 0) is 58.1 Å². The number of alkyl carbamates (subject to hydrolysis) is 1. The van der Waals surface area contributed by atoms with E-state index >= 15 is 0 Å². The van der Waals surface area contributed by atoms with Gasteiger partial charge in [0.1, 0.15) is 5.60 Å². The minimum Gasteiger partial charge on any atom is -0.444 e. The molecule has 1 unspecified atom stereocenters. The molecule has 0 aromatic heterocycles. The molecular weight excluding hydrogens is 354 g/mol. The van der Waals surface area contributed by atoms with Crippen molar-refractivity contribution in [3.05, 3.63) is 29.8 Å². The summed E-state index contributed by atoms with van der Waals surface area (Å²) >= 11 is 0. The minimum atomic E-state index is -3.78. The molecule has 0 bridgehead atoms. The van der Waals surface area contributed by atoms with Crippen molar-refractivity contribution in [1.29, 1.82) is 0 Å². The third-order valence-electron chi connectivity index (χ3n) is 4.17. The molecular formula is C19H31NO5S. The maximum absolute atomic E-state index is 12.2. The monoisotopic (exact) mass is 385 g/mol. The lowest BCUT2D eigenvalue weighted by Gasteiger charge is -2.29. The summed E-state index contributed by atoms with van der Waals surface area (Å²) in [4.78, 5) is 12.0. The molecule has 6 nitrogen and oxygen atoms in total. The molecule has 1 N–H and O–H groups in total. The summed E-state index contributed by atoms with van der Waals surface area (Å²) in [5.74, 6) is 0. The first-order valence-corrected chi connectivity index (χ1v) is 10.2. The first kappa shape index (κ1) is 22.4. The van der Waals surface area contributed by atoms with Gasteiger partial charge in [-0.2, -0.15) is 8.42 Å². The predicted molar refractivity (Wildman–Crippen MR) is 102 cm³/mol. The van der Waals surface area contributed by atoms with Crippen molar-refractivity contribution < 1.29 is 22.1 Å². The molecule has 0 aliphatic heterocycles. The zero-order chi connectivity index (χ0) is 20.0. The molecule has 1 atom stereocenters. The average Bonchev–Trinajstić information content (AvgIpc) is 2.51. The van der Waals surface area contributed by atoms with E-state index in [0.717, 1.165) is 12.0 Å². The topological polar surface area (TPSA) is 81.7 Å². The van der Waals surface area contributed by atoms with Crippen molar-refractivity contribution in [1.82, 2.24) is 5.32 Å². The minimum absolute atomic E-state index is 0.0521. The Morgan fingerprint density at radius 3 is 2.19 bits per heavy atom. The molecule has 26 heavy (non-hydrogen) atoms. The quantitative estimate of drug-likeness (QED) is 0.683. The van der Waals surface area contributed by atoms with Gasteiger partial charge in [0, 0.05) is 6.54 Å². The first-order valence-electron chi connectivity index (χ1n) is 8.80. The summed E-state index contributed by atoms with van der Waals surface area (Å²) in [5, 5.41) is 2.75. The second kappa shape index (κ2) is 8.86. The van der Waals surface area contributed by atoms with Crippen molar-refractivity contribution >= 4 is 16.2 Å². The summed E-state index contributed by atoms with van der Waals surface area (Å²) in [6, 6.07) is 6.54. The number of carbonyl (C=O) groups excluding carboxylic acids is 1. The van der Waals surface area contributed by atoms with Crippen LogP contribution in [-0.4, -0.2) is 33.3 Å². The van der Waals surface area contributed by atoms with Gasteiger partial charge in [-0.25, -0.2) is 4.79 Å². The van der Waals surface area contributed by atoms with E-state index in [1.54, 1.807) is 32.9 Å². The maximum Gasteiger partial charge on any atom is 0.407 e. The molecule has 1 rings (SSSR count). The molecule has 0 aliphatic rings. The van der Waals surface area contributed by atoms with E-state index < -0.39 is 21.8 Å². The Labute approximate surface area is 157 Å². The Morgan fingerprint density at radius 1 is 1.12 bits per heavy atom. The van der Waals surface area contributed by atoms with E-state index in [1.165, 1.54) is 12.1 Å². The highest BCUT2D eigenvalue weighted by Gasteiger charge is 2.26. The van der Waals surface area contributed by atoms with E-state index in [-0.39, 0.29) is 16.9 Å². The van der Waals surface area contributed by atoms with Gasteiger partial charge in [-0.15, -0.1) is 0 Å². The maximum atomic E-state index is 12.2. The van der Waals surface area contributed by atoms with Gasteiger partial charge in [0.25, 0.3) is 10.1 Å². The summed E-state index contributed by atoms with van der Waals surface area (Å²) < 4.78 is 34.9. The van der Waals surface area contributed by atoms with Crippen LogP contribution in [0.2, 0.25) is 0 Å². The van der Waals surface area contributed by atoms with Crippen molar-refractivity contribution in [3.63, 3.8) is 0 Å². The molecule has 148 valence electrons. The Hall–Kier alpha value is -1.60. The zero-order valence-corrected chi connectivity index (χ0v) is 17.4. The highest BCUT2D eigenvalue weighted by molar-refractivity contribution is 7.86. The van der Waals surface area contributed by atoms with Gasteiger partial charge >= 0.3 is 6.09 Å². The fourth-order valence-electron chi connectivity index (χ4n) is 2.16. The lowest BCUT2D eigenvalue weighted by molar-refractivity contribution is 0.0494. The Balaban J connectivity index is 2.56. The first-order chi connectivity index (χ1) is 11.9. The van der Waals surface area contributed by atoms with Crippen LogP contribution in [0.5, 0.6) is 0 Å². The molecule has 0 spiro atoms. The van der Waals surface area contributed by atoms with Gasteiger partial charge in [0.05, 0.1) is 11.5 Å². The number of carbonyl (C=O) groups is 1. The summed E-state index contributed by atoms with van der Waals surface area (Å²) in [7, 11) is -3.78. The van der Waals surface area contributed by atoms with Crippen LogP contribution in [-0.2, 0) is 19.0 Å². The second-order valence-corrected chi connectivity index (χ2v) is 9.47.